The fourth-order valence-corrected chi connectivity index (χ4v) is 1.67. The predicted octanol–water partition coefficient (Wildman–Crippen LogP) is 1.22. The fraction of sp³-hybridized carbons (Fsp3) is 1.00. The van der Waals surface area contributed by atoms with Crippen LogP contribution in [0.2, 0.25) is 0 Å². The molecule has 0 fully saturated rings. The highest BCUT2D eigenvalue weighted by Gasteiger charge is 2.26. The lowest BCUT2D eigenvalue weighted by molar-refractivity contribution is 0.270. The van der Waals surface area contributed by atoms with Crippen LogP contribution in [0.5, 0.6) is 0 Å². The lowest BCUT2D eigenvalue weighted by Crippen LogP contribution is -2.54. The number of hydrogen-bond acceptors (Lipinski definition) is 3. The third-order valence-electron chi connectivity index (χ3n) is 1.92. The van der Waals surface area contributed by atoms with E-state index >= 15 is 0 Å². The van der Waals surface area contributed by atoms with Crippen molar-refractivity contribution in [3.63, 3.8) is 0 Å². The molecule has 0 aliphatic heterocycles. The Morgan fingerprint density at radius 2 is 1.29 bits per heavy atom. The maximum atomic E-state index is 5.99. The second kappa shape index (κ2) is 4.17. The Morgan fingerprint density at radius 1 is 0.857 bits per heavy atom. The van der Waals surface area contributed by atoms with Crippen molar-refractivity contribution < 1.29 is 0 Å². The normalized spacial score (nSPS) is 14.6. The second-order valence-corrected chi connectivity index (χ2v) is 6.39. The molecule has 0 radical (unpaired) electrons. The summed E-state index contributed by atoms with van der Waals surface area (Å²) in [4.78, 5) is 0. The Morgan fingerprint density at radius 3 is 1.57 bits per heavy atom. The predicted molar refractivity (Wildman–Crippen MR) is 63.2 cm³/mol. The van der Waals surface area contributed by atoms with E-state index in [2.05, 4.69) is 19.2 Å². The van der Waals surface area contributed by atoms with E-state index in [9.17, 15) is 0 Å². The van der Waals surface area contributed by atoms with Crippen LogP contribution in [-0.4, -0.2) is 23.2 Å². The van der Waals surface area contributed by atoms with Gasteiger partial charge in [-0.15, -0.1) is 0 Å². The van der Waals surface area contributed by atoms with Crippen LogP contribution in [0.1, 0.15) is 48.0 Å². The Bertz CT molecular complexity index is 172. The van der Waals surface area contributed by atoms with Crippen LogP contribution in [0, 0.1) is 0 Å². The topological polar surface area (TPSA) is 64.1 Å². The minimum atomic E-state index is -0.171. The molecule has 86 valence electrons. The molecule has 0 saturated heterocycles. The largest absolute Gasteiger partial charge is 0.325 e. The molecule has 0 aromatic rings. The summed E-state index contributed by atoms with van der Waals surface area (Å²) in [5, 5.41) is 3.45. The van der Waals surface area contributed by atoms with Crippen molar-refractivity contribution in [2.45, 2.75) is 64.6 Å². The third-order valence-corrected chi connectivity index (χ3v) is 1.92. The number of rotatable bonds is 5. The Kier molecular flexibility index (Phi) is 4.13. The van der Waals surface area contributed by atoms with Gasteiger partial charge in [0.05, 0.1) is 0 Å². The molecule has 0 rings (SSSR count). The molecule has 0 bridgehead atoms. The monoisotopic (exact) mass is 201 g/mol. The van der Waals surface area contributed by atoms with Gasteiger partial charge in [-0.05, 0) is 48.0 Å². The minimum absolute atomic E-state index is 0.0366. The summed E-state index contributed by atoms with van der Waals surface area (Å²) in [6.07, 6.45) is 0.927. The molecular formula is C11H27N3. The first kappa shape index (κ1) is 13.9. The minimum Gasteiger partial charge on any atom is -0.325 e. The van der Waals surface area contributed by atoms with Gasteiger partial charge in [0.1, 0.15) is 0 Å². The van der Waals surface area contributed by atoms with Gasteiger partial charge in [0, 0.05) is 23.2 Å². The van der Waals surface area contributed by atoms with Gasteiger partial charge in [0.15, 0.2) is 0 Å². The quantitative estimate of drug-likeness (QED) is 0.626. The summed E-state index contributed by atoms with van der Waals surface area (Å²) < 4.78 is 0. The molecule has 0 aromatic heterocycles. The van der Waals surface area contributed by atoms with E-state index in [1.165, 1.54) is 0 Å². The molecule has 0 amide bonds. The van der Waals surface area contributed by atoms with E-state index in [4.69, 9.17) is 11.5 Å². The molecular weight excluding hydrogens is 174 g/mol. The average molecular weight is 201 g/mol. The molecule has 14 heavy (non-hydrogen) atoms. The van der Waals surface area contributed by atoms with Gasteiger partial charge < -0.3 is 16.8 Å². The summed E-state index contributed by atoms with van der Waals surface area (Å²) in [6.45, 7) is 13.2. The number of nitrogens with one attached hydrogen (secondary N) is 1. The van der Waals surface area contributed by atoms with E-state index < -0.39 is 0 Å². The van der Waals surface area contributed by atoms with Gasteiger partial charge >= 0.3 is 0 Å². The molecule has 3 heteroatoms. The van der Waals surface area contributed by atoms with Crippen LogP contribution < -0.4 is 16.8 Å². The van der Waals surface area contributed by atoms with Crippen molar-refractivity contribution in [2.24, 2.45) is 11.5 Å². The smallest absolute Gasteiger partial charge is 0.0223 e. The second-order valence-electron chi connectivity index (χ2n) is 6.39. The SMILES string of the molecule is CC(C)(N)CNC(C)(C)CC(C)(C)N. The van der Waals surface area contributed by atoms with Crippen LogP contribution in [0.3, 0.4) is 0 Å². The van der Waals surface area contributed by atoms with Gasteiger partial charge in [-0.25, -0.2) is 0 Å². The van der Waals surface area contributed by atoms with Crippen molar-refractivity contribution in [3.8, 4) is 0 Å². The van der Waals surface area contributed by atoms with Crippen molar-refractivity contribution in [3.05, 3.63) is 0 Å². The van der Waals surface area contributed by atoms with E-state index in [1.54, 1.807) is 0 Å². The van der Waals surface area contributed by atoms with Gasteiger partial charge in [0.2, 0.25) is 0 Å². The lowest BCUT2D eigenvalue weighted by atomic mass is 9.87. The van der Waals surface area contributed by atoms with Crippen molar-refractivity contribution in [1.29, 1.82) is 0 Å². The van der Waals surface area contributed by atoms with Crippen molar-refractivity contribution in [2.75, 3.05) is 6.54 Å². The summed E-state index contributed by atoms with van der Waals surface area (Å²) in [7, 11) is 0. The first-order valence-corrected chi connectivity index (χ1v) is 5.24. The molecule has 0 atom stereocenters. The highest BCUT2D eigenvalue weighted by atomic mass is 15.0. The van der Waals surface area contributed by atoms with Gasteiger partial charge in [-0.1, -0.05) is 0 Å². The maximum absolute atomic E-state index is 5.99. The molecule has 0 saturated carbocycles. The van der Waals surface area contributed by atoms with Gasteiger partial charge in [0.25, 0.3) is 0 Å². The first-order valence-electron chi connectivity index (χ1n) is 5.24. The molecule has 0 unspecified atom stereocenters. The van der Waals surface area contributed by atoms with E-state index in [1.807, 2.05) is 27.7 Å². The van der Waals surface area contributed by atoms with E-state index in [-0.39, 0.29) is 16.6 Å². The van der Waals surface area contributed by atoms with Crippen LogP contribution >= 0.6 is 0 Å². The third kappa shape index (κ3) is 8.48. The van der Waals surface area contributed by atoms with Crippen LogP contribution in [-0.2, 0) is 0 Å². The highest BCUT2D eigenvalue weighted by molar-refractivity contribution is 4.90. The van der Waals surface area contributed by atoms with Crippen LogP contribution in [0.25, 0.3) is 0 Å². The summed E-state index contributed by atoms with van der Waals surface area (Å²) >= 11 is 0. The molecule has 0 aromatic carbocycles. The molecule has 0 heterocycles. The Labute approximate surface area is 88.6 Å². The molecule has 3 nitrogen and oxygen atoms in total. The zero-order valence-corrected chi connectivity index (χ0v) is 10.6. The molecule has 0 aliphatic rings. The lowest BCUT2D eigenvalue weighted by Gasteiger charge is -2.35. The van der Waals surface area contributed by atoms with Crippen LogP contribution in [0.4, 0.5) is 0 Å². The highest BCUT2D eigenvalue weighted by Crippen LogP contribution is 2.17. The van der Waals surface area contributed by atoms with Gasteiger partial charge in [-0.2, -0.15) is 0 Å². The zero-order chi connectivity index (χ0) is 11.6. The van der Waals surface area contributed by atoms with E-state index in [0.29, 0.717) is 0 Å². The Balaban J connectivity index is 4.09. The molecule has 5 N–H and O–H groups in total. The van der Waals surface area contributed by atoms with Crippen molar-refractivity contribution in [1.82, 2.24) is 5.32 Å². The summed E-state index contributed by atoms with van der Waals surface area (Å²) in [5.74, 6) is 0. The van der Waals surface area contributed by atoms with Crippen LogP contribution in [0.15, 0.2) is 0 Å². The number of nitrogens with two attached hydrogens (primary N) is 2. The maximum Gasteiger partial charge on any atom is 0.0223 e. The van der Waals surface area contributed by atoms with Crippen molar-refractivity contribution >= 4 is 0 Å². The summed E-state index contributed by atoms with van der Waals surface area (Å²) in [5.41, 5.74) is 11.6. The fourth-order valence-electron chi connectivity index (χ4n) is 1.67. The standard InChI is InChI=1S/C11H27N3/c1-9(2,12)7-11(5,6)14-8-10(3,4)13/h14H,7-8,12-13H2,1-6H3. The summed E-state index contributed by atoms with van der Waals surface area (Å²) in [6, 6.07) is 0. The Hall–Kier alpha value is -0.120. The molecule has 0 spiro atoms. The zero-order valence-electron chi connectivity index (χ0n) is 10.6. The van der Waals surface area contributed by atoms with E-state index in [0.717, 1.165) is 13.0 Å². The first-order chi connectivity index (χ1) is 5.91. The molecule has 0 aliphatic carbocycles. The number of hydrogen-bond donors (Lipinski definition) is 3. The van der Waals surface area contributed by atoms with Gasteiger partial charge in [-0.3, -0.25) is 0 Å². The average Bonchev–Trinajstić information content (AvgIpc) is 1.76.